The van der Waals surface area contributed by atoms with Crippen molar-refractivity contribution in [2.45, 2.75) is 26.2 Å². The van der Waals surface area contributed by atoms with Crippen molar-refractivity contribution < 1.29 is 14.3 Å². The Morgan fingerprint density at radius 1 is 1.15 bits per heavy atom. The van der Waals surface area contributed by atoms with Crippen LogP contribution in [0, 0.1) is 0 Å². The highest BCUT2D eigenvalue weighted by Crippen LogP contribution is 2.20. The Labute approximate surface area is 161 Å². The molecule has 1 saturated heterocycles. The number of anilines is 1. The topological polar surface area (TPSA) is 49.9 Å². The van der Waals surface area contributed by atoms with Crippen LogP contribution in [0.2, 0.25) is 0 Å². The lowest BCUT2D eigenvalue weighted by atomic mass is 10.1. The van der Waals surface area contributed by atoms with Crippen LogP contribution in [0.3, 0.4) is 0 Å². The molecule has 0 N–H and O–H groups in total. The van der Waals surface area contributed by atoms with E-state index in [0.29, 0.717) is 22.6 Å². The number of likely N-dealkylation sites (tertiary alicyclic amines) is 1. The molecular formula is C22H28N2O3. The van der Waals surface area contributed by atoms with E-state index < -0.39 is 0 Å². The van der Waals surface area contributed by atoms with Crippen LogP contribution in [-0.4, -0.2) is 44.0 Å². The molecule has 2 amide bonds. The number of methoxy groups -OCH3 is 1. The number of carbonyl (C=O) groups excluding carboxylic acids is 2. The lowest BCUT2D eigenvalue weighted by Crippen LogP contribution is -2.35. The summed E-state index contributed by atoms with van der Waals surface area (Å²) in [5.74, 6) is 0.264. The summed E-state index contributed by atoms with van der Waals surface area (Å²) in [6, 6.07) is 7.14. The second-order valence-electron chi connectivity index (χ2n) is 6.45. The predicted octanol–water partition coefficient (Wildman–Crippen LogP) is 3.94. The predicted molar refractivity (Wildman–Crippen MR) is 109 cm³/mol. The molecule has 1 fully saturated rings. The highest BCUT2D eigenvalue weighted by molar-refractivity contribution is 6.08. The summed E-state index contributed by atoms with van der Waals surface area (Å²) in [6.45, 7) is 7.17. The molecule has 27 heavy (non-hydrogen) atoms. The number of nitrogens with zero attached hydrogens (tertiary/aromatic N) is 2. The Bertz CT molecular complexity index is 741. The fourth-order valence-corrected chi connectivity index (χ4v) is 3.13. The monoisotopic (exact) mass is 368 g/mol. The number of carbonyl (C=O) groups is 2. The summed E-state index contributed by atoms with van der Waals surface area (Å²) in [6.07, 6.45) is 8.31. The van der Waals surface area contributed by atoms with Crippen LogP contribution in [0.1, 0.15) is 36.5 Å². The average molecular weight is 368 g/mol. The largest absolute Gasteiger partial charge is 0.496 e. The van der Waals surface area contributed by atoms with E-state index in [9.17, 15) is 9.59 Å². The molecule has 1 aliphatic heterocycles. The van der Waals surface area contributed by atoms with Gasteiger partial charge in [0.25, 0.3) is 11.8 Å². The van der Waals surface area contributed by atoms with E-state index in [2.05, 4.69) is 6.58 Å². The molecule has 0 spiro atoms. The van der Waals surface area contributed by atoms with Gasteiger partial charge in [-0.15, -0.1) is 0 Å². The highest BCUT2D eigenvalue weighted by Gasteiger charge is 2.20. The minimum atomic E-state index is -0.208. The highest BCUT2D eigenvalue weighted by atomic mass is 16.5. The molecular weight excluding hydrogens is 340 g/mol. The van der Waals surface area contributed by atoms with Gasteiger partial charge >= 0.3 is 0 Å². The van der Waals surface area contributed by atoms with Crippen LogP contribution in [0.25, 0.3) is 0 Å². The van der Waals surface area contributed by atoms with Gasteiger partial charge in [0.05, 0.1) is 12.7 Å². The van der Waals surface area contributed by atoms with Gasteiger partial charge in [-0.2, -0.15) is 0 Å². The lowest BCUT2D eigenvalue weighted by Gasteiger charge is -2.27. The molecule has 1 aromatic rings. The van der Waals surface area contributed by atoms with E-state index in [1.165, 1.54) is 24.5 Å². The molecule has 0 aromatic heterocycles. The van der Waals surface area contributed by atoms with Crippen LogP contribution in [0.15, 0.2) is 60.4 Å². The van der Waals surface area contributed by atoms with Gasteiger partial charge in [0.2, 0.25) is 0 Å². The summed E-state index contributed by atoms with van der Waals surface area (Å²) in [7, 11) is 3.21. The van der Waals surface area contributed by atoms with E-state index in [4.69, 9.17) is 4.74 Å². The van der Waals surface area contributed by atoms with Crippen LogP contribution in [0.4, 0.5) is 5.69 Å². The van der Waals surface area contributed by atoms with E-state index in [0.717, 1.165) is 25.9 Å². The first-order valence-electron chi connectivity index (χ1n) is 9.24. The number of piperidine rings is 1. The van der Waals surface area contributed by atoms with Crippen LogP contribution in [-0.2, 0) is 9.53 Å². The minimum Gasteiger partial charge on any atom is -0.496 e. The van der Waals surface area contributed by atoms with Gasteiger partial charge in [0, 0.05) is 31.4 Å². The smallest absolute Gasteiger partial charge is 0.261 e. The fourth-order valence-electron chi connectivity index (χ4n) is 3.13. The standard InChI is InChI=1S/C22H28N2O3/c1-5-10-19(20(6-2)27-4)22(26)23(3)18-13-11-17(12-14-18)21(25)24-15-8-7-9-16-24/h5-6,10-14H,2,7-9,15-16H2,1,3-4H3/b10-5-,20-19-. The van der Waals surface area contributed by atoms with Crippen LogP contribution in [0.5, 0.6) is 0 Å². The van der Waals surface area contributed by atoms with Gasteiger partial charge < -0.3 is 14.5 Å². The van der Waals surface area contributed by atoms with Crippen molar-refractivity contribution in [3.8, 4) is 0 Å². The zero-order chi connectivity index (χ0) is 19.8. The van der Waals surface area contributed by atoms with Crippen molar-refractivity contribution in [2.24, 2.45) is 0 Å². The molecule has 5 heteroatoms. The van der Waals surface area contributed by atoms with Crippen molar-refractivity contribution in [1.29, 1.82) is 0 Å². The Hall–Kier alpha value is -2.82. The molecule has 0 bridgehead atoms. The normalized spacial score (nSPS) is 15.3. The van der Waals surface area contributed by atoms with E-state index in [-0.39, 0.29) is 11.8 Å². The third kappa shape index (κ3) is 4.88. The van der Waals surface area contributed by atoms with Gasteiger partial charge in [-0.1, -0.05) is 12.7 Å². The number of allylic oxidation sites excluding steroid dienone is 2. The average Bonchev–Trinajstić information content (AvgIpc) is 2.73. The number of benzene rings is 1. The van der Waals surface area contributed by atoms with E-state index in [1.54, 1.807) is 43.5 Å². The maximum absolute atomic E-state index is 12.9. The third-order valence-electron chi connectivity index (χ3n) is 4.68. The molecule has 2 rings (SSSR count). The Balaban J connectivity index is 2.20. The first-order chi connectivity index (χ1) is 13.0. The SMILES string of the molecule is C=C/C(OC)=C(\C=C/C)C(=O)N(C)c1ccc(C(=O)N2CCCCC2)cc1. The van der Waals surface area contributed by atoms with Crippen molar-refractivity contribution in [3.05, 3.63) is 66.0 Å². The van der Waals surface area contributed by atoms with Crippen molar-refractivity contribution in [3.63, 3.8) is 0 Å². The Kier molecular flexibility index (Phi) is 7.41. The number of ether oxygens (including phenoxy) is 1. The van der Waals surface area contributed by atoms with Gasteiger partial charge in [-0.3, -0.25) is 9.59 Å². The van der Waals surface area contributed by atoms with Crippen LogP contribution < -0.4 is 4.90 Å². The van der Waals surface area contributed by atoms with Gasteiger partial charge in [0.1, 0.15) is 5.76 Å². The fraction of sp³-hybridized carbons (Fsp3) is 0.364. The van der Waals surface area contributed by atoms with Crippen LogP contribution >= 0.6 is 0 Å². The third-order valence-corrected chi connectivity index (χ3v) is 4.68. The summed E-state index contributed by atoms with van der Waals surface area (Å²) in [4.78, 5) is 28.9. The molecule has 0 radical (unpaired) electrons. The molecule has 0 saturated carbocycles. The zero-order valence-corrected chi connectivity index (χ0v) is 16.4. The lowest BCUT2D eigenvalue weighted by molar-refractivity contribution is -0.114. The molecule has 1 aromatic carbocycles. The quantitative estimate of drug-likeness (QED) is 0.434. The van der Waals surface area contributed by atoms with Crippen molar-refractivity contribution >= 4 is 17.5 Å². The molecule has 5 nitrogen and oxygen atoms in total. The maximum atomic E-state index is 12.9. The Morgan fingerprint density at radius 3 is 2.30 bits per heavy atom. The zero-order valence-electron chi connectivity index (χ0n) is 16.4. The van der Waals surface area contributed by atoms with E-state index in [1.807, 2.05) is 11.8 Å². The van der Waals surface area contributed by atoms with E-state index >= 15 is 0 Å². The number of rotatable bonds is 6. The molecule has 0 aliphatic carbocycles. The molecule has 0 atom stereocenters. The summed E-state index contributed by atoms with van der Waals surface area (Å²) in [5, 5.41) is 0. The number of hydrogen-bond donors (Lipinski definition) is 0. The number of amides is 2. The minimum absolute atomic E-state index is 0.0538. The van der Waals surface area contributed by atoms with Gasteiger partial charge in [-0.25, -0.2) is 0 Å². The summed E-state index contributed by atoms with van der Waals surface area (Å²) >= 11 is 0. The summed E-state index contributed by atoms with van der Waals surface area (Å²) < 4.78 is 5.25. The van der Waals surface area contributed by atoms with Gasteiger partial charge in [0.15, 0.2) is 0 Å². The first kappa shape index (κ1) is 20.5. The summed E-state index contributed by atoms with van der Waals surface area (Å²) in [5.41, 5.74) is 1.78. The molecule has 1 heterocycles. The number of hydrogen-bond acceptors (Lipinski definition) is 3. The van der Waals surface area contributed by atoms with Crippen molar-refractivity contribution in [1.82, 2.24) is 4.90 Å². The molecule has 1 aliphatic rings. The first-order valence-corrected chi connectivity index (χ1v) is 9.24. The second kappa shape index (κ2) is 9.76. The maximum Gasteiger partial charge on any atom is 0.261 e. The number of likely N-dealkylation sites (N-methyl/N-ethyl adjacent to an activating group) is 1. The Morgan fingerprint density at radius 2 is 1.78 bits per heavy atom. The van der Waals surface area contributed by atoms with Gasteiger partial charge in [-0.05, 0) is 62.6 Å². The van der Waals surface area contributed by atoms with Crippen molar-refractivity contribution in [2.75, 3.05) is 32.1 Å². The second-order valence-corrected chi connectivity index (χ2v) is 6.45. The molecule has 0 unspecified atom stereocenters. The molecule has 144 valence electrons.